The Morgan fingerprint density at radius 1 is 1.50 bits per heavy atom. The summed E-state index contributed by atoms with van der Waals surface area (Å²) in [7, 11) is 0. The number of hydrogen-bond acceptors (Lipinski definition) is 3. The first-order valence-electron chi connectivity index (χ1n) is 2.60. The molecule has 0 aliphatic rings. The molecule has 0 aromatic heterocycles. The molecule has 0 saturated carbocycles. The number of nitrogens with two attached hydrogens (primary N) is 1. The Morgan fingerprint density at radius 2 is 2.20 bits per heavy atom. The molecule has 0 fully saturated rings. The quantitative estimate of drug-likeness (QED) is 0.486. The number of halogens is 1. The third-order valence-electron chi connectivity index (χ3n) is 1.07. The molecule has 10 heavy (non-hydrogen) atoms. The lowest BCUT2D eigenvalue weighted by molar-refractivity contribution is 0.630. The standard InChI is InChI=1S/C6H6FNOS/c7-5-2-1-4(10-9)3-6(5)8/h1-3,9H,8H2. The van der Waals surface area contributed by atoms with Gasteiger partial charge in [0.15, 0.2) is 0 Å². The smallest absolute Gasteiger partial charge is 0.146 e. The number of anilines is 1. The van der Waals surface area contributed by atoms with Crippen LogP contribution in [0.2, 0.25) is 0 Å². The molecule has 1 aromatic rings. The molecule has 0 bridgehead atoms. The predicted octanol–water partition coefficient (Wildman–Crippen LogP) is 1.97. The molecule has 0 saturated heterocycles. The summed E-state index contributed by atoms with van der Waals surface area (Å²) in [5, 5.41) is 0. The molecular weight excluding hydrogens is 153 g/mol. The van der Waals surface area contributed by atoms with E-state index in [-0.39, 0.29) is 5.69 Å². The van der Waals surface area contributed by atoms with Crippen LogP contribution in [0.1, 0.15) is 0 Å². The highest BCUT2D eigenvalue weighted by atomic mass is 32.2. The Kier molecular flexibility index (Phi) is 2.13. The average Bonchev–Trinajstić information content (AvgIpc) is 1.95. The summed E-state index contributed by atoms with van der Waals surface area (Å²) in [5.41, 5.74) is 5.25. The van der Waals surface area contributed by atoms with Gasteiger partial charge in [0.25, 0.3) is 0 Å². The zero-order chi connectivity index (χ0) is 7.56. The maximum atomic E-state index is 12.4. The van der Waals surface area contributed by atoms with Gasteiger partial charge < -0.3 is 10.3 Å². The minimum Gasteiger partial charge on any atom is -0.396 e. The topological polar surface area (TPSA) is 46.2 Å². The number of hydrogen-bond donors (Lipinski definition) is 2. The highest BCUT2D eigenvalue weighted by Gasteiger charge is 1.97. The number of nitrogen functional groups attached to an aromatic ring is 1. The number of benzene rings is 1. The summed E-state index contributed by atoms with van der Waals surface area (Å²) >= 11 is 0.545. The summed E-state index contributed by atoms with van der Waals surface area (Å²) in [5.74, 6) is -0.460. The SMILES string of the molecule is Nc1cc(SO)ccc1F. The maximum absolute atomic E-state index is 12.4. The Labute approximate surface area is 62.1 Å². The van der Waals surface area contributed by atoms with Crippen LogP contribution in [0.25, 0.3) is 0 Å². The minimum absolute atomic E-state index is 0.0547. The van der Waals surface area contributed by atoms with Crippen molar-refractivity contribution in [1.29, 1.82) is 0 Å². The van der Waals surface area contributed by atoms with Crippen molar-refractivity contribution in [3.8, 4) is 0 Å². The fourth-order valence-corrected chi connectivity index (χ4v) is 0.887. The molecule has 4 heteroatoms. The summed E-state index contributed by atoms with van der Waals surface area (Å²) in [4.78, 5) is 0.541. The van der Waals surface area contributed by atoms with Crippen LogP contribution in [0.15, 0.2) is 23.1 Å². The molecule has 2 nitrogen and oxygen atoms in total. The van der Waals surface area contributed by atoms with E-state index in [0.717, 1.165) is 0 Å². The van der Waals surface area contributed by atoms with E-state index in [0.29, 0.717) is 16.9 Å². The first-order valence-corrected chi connectivity index (χ1v) is 3.38. The van der Waals surface area contributed by atoms with E-state index in [2.05, 4.69) is 0 Å². The van der Waals surface area contributed by atoms with Gasteiger partial charge in [0.05, 0.1) is 5.69 Å². The highest BCUT2D eigenvalue weighted by molar-refractivity contribution is 7.93. The largest absolute Gasteiger partial charge is 0.396 e. The summed E-state index contributed by atoms with van der Waals surface area (Å²) < 4.78 is 20.9. The van der Waals surface area contributed by atoms with Gasteiger partial charge in [-0.1, -0.05) is 0 Å². The maximum Gasteiger partial charge on any atom is 0.146 e. The normalized spacial score (nSPS) is 9.80. The fourth-order valence-electron chi connectivity index (χ4n) is 0.579. The Morgan fingerprint density at radius 3 is 2.70 bits per heavy atom. The zero-order valence-corrected chi connectivity index (χ0v) is 5.86. The van der Waals surface area contributed by atoms with Gasteiger partial charge in [-0.2, -0.15) is 0 Å². The third kappa shape index (κ3) is 1.40. The molecule has 0 heterocycles. The molecule has 54 valence electrons. The fraction of sp³-hybridized carbons (Fsp3) is 0. The van der Waals surface area contributed by atoms with Gasteiger partial charge in [-0.15, -0.1) is 0 Å². The van der Waals surface area contributed by atoms with E-state index in [1.807, 2.05) is 0 Å². The van der Waals surface area contributed by atoms with Crippen LogP contribution in [-0.4, -0.2) is 4.55 Å². The lowest BCUT2D eigenvalue weighted by Gasteiger charge is -1.96. The van der Waals surface area contributed by atoms with Gasteiger partial charge in [0.2, 0.25) is 0 Å². The number of rotatable bonds is 1. The molecule has 0 aliphatic heterocycles. The molecule has 0 radical (unpaired) electrons. The van der Waals surface area contributed by atoms with Crippen molar-refractivity contribution in [2.45, 2.75) is 4.90 Å². The molecule has 0 spiro atoms. The van der Waals surface area contributed by atoms with Crippen LogP contribution in [0.3, 0.4) is 0 Å². The first kappa shape index (κ1) is 7.37. The second-order valence-electron chi connectivity index (χ2n) is 1.77. The van der Waals surface area contributed by atoms with Crippen molar-refractivity contribution in [1.82, 2.24) is 0 Å². The van der Waals surface area contributed by atoms with Crippen molar-refractivity contribution in [2.24, 2.45) is 0 Å². The highest BCUT2D eigenvalue weighted by Crippen LogP contribution is 2.19. The zero-order valence-electron chi connectivity index (χ0n) is 5.04. The van der Waals surface area contributed by atoms with E-state index in [4.69, 9.17) is 10.3 Å². The monoisotopic (exact) mass is 159 g/mol. The van der Waals surface area contributed by atoms with Crippen molar-refractivity contribution in [3.05, 3.63) is 24.0 Å². The predicted molar refractivity (Wildman–Crippen MR) is 39.3 cm³/mol. The first-order chi connectivity index (χ1) is 4.74. The molecule has 0 aliphatic carbocycles. The van der Waals surface area contributed by atoms with E-state index < -0.39 is 5.82 Å². The van der Waals surface area contributed by atoms with Gasteiger partial charge in [0.1, 0.15) is 5.82 Å². The van der Waals surface area contributed by atoms with E-state index in [9.17, 15) is 4.39 Å². The van der Waals surface area contributed by atoms with Crippen LogP contribution in [0, 0.1) is 5.82 Å². The van der Waals surface area contributed by atoms with E-state index in [1.54, 1.807) is 0 Å². The molecule has 0 amide bonds. The van der Waals surface area contributed by atoms with Crippen LogP contribution >= 0.6 is 12.0 Å². The Bertz CT molecular complexity index is 241. The Balaban J connectivity index is 3.04. The second-order valence-corrected chi connectivity index (χ2v) is 2.43. The molecule has 3 N–H and O–H groups in total. The Hall–Kier alpha value is -0.740. The summed E-state index contributed by atoms with van der Waals surface area (Å²) in [6.07, 6.45) is 0. The van der Waals surface area contributed by atoms with Crippen molar-refractivity contribution in [2.75, 3.05) is 5.73 Å². The van der Waals surface area contributed by atoms with Gasteiger partial charge in [-0.3, -0.25) is 0 Å². The average molecular weight is 159 g/mol. The van der Waals surface area contributed by atoms with Crippen molar-refractivity contribution >= 4 is 17.7 Å². The minimum atomic E-state index is -0.460. The van der Waals surface area contributed by atoms with Crippen molar-refractivity contribution < 1.29 is 8.94 Å². The van der Waals surface area contributed by atoms with E-state index in [1.165, 1.54) is 18.2 Å². The lowest BCUT2D eigenvalue weighted by atomic mass is 10.3. The van der Waals surface area contributed by atoms with Crippen LogP contribution in [0.5, 0.6) is 0 Å². The van der Waals surface area contributed by atoms with Crippen molar-refractivity contribution in [3.63, 3.8) is 0 Å². The second kappa shape index (κ2) is 2.90. The summed E-state index contributed by atoms with van der Waals surface area (Å²) in [6, 6.07) is 4.05. The van der Waals surface area contributed by atoms with Crippen LogP contribution in [-0.2, 0) is 0 Å². The van der Waals surface area contributed by atoms with Gasteiger partial charge in [-0.25, -0.2) is 4.39 Å². The van der Waals surface area contributed by atoms with Gasteiger partial charge in [0, 0.05) is 16.9 Å². The van der Waals surface area contributed by atoms with E-state index >= 15 is 0 Å². The van der Waals surface area contributed by atoms with Crippen LogP contribution in [0.4, 0.5) is 10.1 Å². The molecule has 0 unspecified atom stereocenters. The lowest BCUT2D eigenvalue weighted by Crippen LogP contribution is -1.89. The molecule has 1 rings (SSSR count). The summed E-state index contributed by atoms with van der Waals surface area (Å²) in [6.45, 7) is 0. The van der Waals surface area contributed by atoms with Crippen LogP contribution < -0.4 is 5.73 Å². The molecular formula is C6H6FNOS. The van der Waals surface area contributed by atoms with Gasteiger partial charge >= 0.3 is 0 Å². The van der Waals surface area contributed by atoms with Gasteiger partial charge in [-0.05, 0) is 18.2 Å². The third-order valence-corrected chi connectivity index (χ3v) is 1.54. The molecule has 1 aromatic carbocycles. The molecule has 0 atom stereocenters.